The zero-order valence-corrected chi connectivity index (χ0v) is 20.6. The number of nitrogens with one attached hydrogen (secondary N) is 1. The number of carbonyl (C=O) groups is 2. The molecule has 2 aliphatic rings. The molecule has 1 aromatic carbocycles. The summed E-state index contributed by atoms with van der Waals surface area (Å²) in [6.07, 6.45) is 3.19. The van der Waals surface area contributed by atoms with E-state index in [2.05, 4.69) is 10.4 Å². The lowest BCUT2D eigenvalue weighted by Crippen LogP contribution is -2.44. The molecule has 0 saturated carbocycles. The third kappa shape index (κ3) is 6.05. The molecule has 1 aromatic heterocycles. The summed E-state index contributed by atoms with van der Waals surface area (Å²) >= 11 is 5.00. The van der Waals surface area contributed by atoms with E-state index in [1.807, 2.05) is 6.07 Å². The average molecular weight is 520 g/mol. The molecule has 0 spiro atoms. The summed E-state index contributed by atoms with van der Waals surface area (Å²) < 4.78 is 40.6. The quantitative estimate of drug-likeness (QED) is 0.559. The van der Waals surface area contributed by atoms with Gasteiger partial charge in [-0.15, -0.1) is 0 Å². The molecule has 0 radical (unpaired) electrons. The summed E-state index contributed by atoms with van der Waals surface area (Å²) in [5, 5.41) is 1.86. The van der Waals surface area contributed by atoms with Gasteiger partial charge in [-0.2, -0.15) is 0 Å². The molecule has 2 aliphatic heterocycles. The Bertz CT molecular complexity index is 1100. The van der Waals surface area contributed by atoms with Crippen molar-refractivity contribution >= 4 is 40.6 Å². The zero-order chi connectivity index (χ0) is 25.7. The van der Waals surface area contributed by atoms with Gasteiger partial charge in [-0.05, 0) is 30.3 Å². The van der Waals surface area contributed by atoms with E-state index >= 15 is 8.78 Å². The van der Waals surface area contributed by atoms with Crippen molar-refractivity contribution in [3.8, 4) is 0 Å². The van der Waals surface area contributed by atoms with E-state index < -0.39 is 23.8 Å². The minimum Gasteiger partial charge on any atom is -0.490 e. The minimum atomic E-state index is -0.794. The van der Waals surface area contributed by atoms with Gasteiger partial charge in [0.2, 0.25) is 5.91 Å². The molecule has 4 rings (SSSR count). The zero-order valence-electron chi connectivity index (χ0n) is 19.8. The monoisotopic (exact) mass is 519 g/mol. The van der Waals surface area contributed by atoms with Crippen LogP contribution in [0.25, 0.3) is 0 Å². The van der Waals surface area contributed by atoms with Crippen LogP contribution in [-0.4, -0.2) is 73.0 Å². The Morgan fingerprint density at radius 3 is 2.75 bits per heavy atom. The van der Waals surface area contributed by atoms with E-state index in [0.29, 0.717) is 24.4 Å². The second-order valence-electron chi connectivity index (χ2n) is 8.47. The van der Waals surface area contributed by atoms with Crippen molar-refractivity contribution in [1.29, 1.82) is 0 Å². The van der Waals surface area contributed by atoms with Crippen LogP contribution in [0.3, 0.4) is 0 Å². The second-order valence-corrected chi connectivity index (χ2v) is 8.92. The Kier molecular flexibility index (Phi) is 8.26. The molecule has 2 fully saturated rings. The van der Waals surface area contributed by atoms with Gasteiger partial charge in [-0.1, -0.05) is 6.07 Å². The number of hydrogen-bond donors (Lipinski definition) is 1. The molecule has 12 heteroatoms. The highest BCUT2D eigenvalue weighted by Crippen LogP contribution is 2.31. The van der Waals surface area contributed by atoms with E-state index in [-0.39, 0.29) is 49.9 Å². The number of ether oxygens (including phenoxy) is 2. The van der Waals surface area contributed by atoms with Crippen LogP contribution in [0, 0.1) is 11.6 Å². The average Bonchev–Trinajstić information content (AvgIpc) is 3.07. The Labute approximate surface area is 212 Å². The van der Waals surface area contributed by atoms with Crippen LogP contribution in [0.5, 0.6) is 0 Å². The first-order valence-electron chi connectivity index (χ1n) is 11.6. The number of pyridine rings is 1. The summed E-state index contributed by atoms with van der Waals surface area (Å²) in [6, 6.07) is 5.83. The lowest BCUT2D eigenvalue weighted by molar-refractivity contribution is -0.133. The molecule has 2 amide bonds. The van der Waals surface area contributed by atoms with Crippen molar-refractivity contribution in [2.75, 3.05) is 49.6 Å². The van der Waals surface area contributed by atoms with Crippen molar-refractivity contribution in [3.05, 3.63) is 53.9 Å². The van der Waals surface area contributed by atoms with E-state index in [0.717, 1.165) is 17.7 Å². The fourth-order valence-corrected chi connectivity index (χ4v) is 4.33. The van der Waals surface area contributed by atoms with Crippen LogP contribution in [0.4, 0.5) is 25.0 Å². The van der Waals surface area contributed by atoms with Crippen molar-refractivity contribution < 1.29 is 27.8 Å². The summed E-state index contributed by atoms with van der Waals surface area (Å²) in [6.45, 7) is 1.24. The van der Waals surface area contributed by atoms with Crippen LogP contribution in [0.2, 0.25) is 0 Å². The van der Waals surface area contributed by atoms with E-state index in [9.17, 15) is 9.59 Å². The Balaban J connectivity index is 1.40. The molecular weight excluding hydrogens is 492 g/mol. The van der Waals surface area contributed by atoms with Crippen molar-refractivity contribution in [2.24, 2.45) is 0 Å². The fourth-order valence-electron chi connectivity index (χ4n) is 4.21. The number of anilines is 2. The van der Waals surface area contributed by atoms with Gasteiger partial charge in [-0.3, -0.25) is 19.7 Å². The Morgan fingerprint density at radius 2 is 2.06 bits per heavy atom. The van der Waals surface area contributed by atoms with Gasteiger partial charge < -0.3 is 14.4 Å². The first kappa shape index (κ1) is 25.7. The number of aromatic nitrogens is 1. The van der Waals surface area contributed by atoms with Crippen molar-refractivity contribution in [3.63, 3.8) is 0 Å². The van der Waals surface area contributed by atoms with Gasteiger partial charge in [0.25, 0.3) is 0 Å². The number of amides is 2. The normalized spacial score (nSPS) is 18.1. The maximum atomic E-state index is 15.1. The molecule has 0 aliphatic carbocycles. The van der Waals surface area contributed by atoms with E-state index in [4.69, 9.17) is 21.7 Å². The number of methoxy groups -OCH3 is 1. The Morgan fingerprint density at radius 1 is 1.28 bits per heavy atom. The number of hydrazine groups is 1. The van der Waals surface area contributed by atoms with Crippen LogP contribution in [-0.2, 0) is 20.7 Å². The van der Waals surface area contributed by atoms with Gasteiger partial charge in [0.15, 0.2) is 16.7 Å². The maximum Gasteiger partial charge on any atom is 0.414 e. The van der Waals surface area contributed by atoms with E-state index in [1.165, 1.54) is 17.0 Å². The lowest BCUT2D eigenvalue weighted by Gasteiger charge is -2.25. The first-order chi connectivity index (χ1) is 17.4. The van der Waals surface area contributed by atoms with Gasteiger partial charge >= 0.3 is 6.09 Å². The third-order valence-corrected chi connectivity index (χ3v) is 6.43. The van der Waals surface area contributed by atoms with Gasteiger partial charge in [0, 0.05) is 50.6 Å². The number of carbonyl (C=O) groups excluding carboxylic acids is 2. The first-order valence-corrected chi connectivity index (χ1v) is 12.0. The van der Waals surface area contributed by atoms with Gasteiger partial charge in [0.1, 0.15) is 11.8 Å². The summed E-state index contributed by atoms with van der Waals surface area (Å²) in [7, 11) is 1.47. The van der Waals surface area contributed by atoms with Gasteiger partial charge in [0.05, 0.1) is 32.3 Å². The number of cyclic esters (lactones) is 1. The van der Waals surface area contributed by atoms with Crippen molar-refractivity contribution in [2.45, 2.75) is 25.4 Å². The summed E-state index contributed by atoms with van der Waals surface area (Å²) in [5.74, 6) is -1.75. The fraction of sp³-hybridized carbons (Fsp3) is 0.417. The smallest absolute Gasteiger partial charge is 0.414 e. The third-order valence-electron chi connectivity index (χ3n) is 6.06. The summed E-state index contributed by atoms with van der Waals surface area (Å²) in [4.78, 5) is 31.7. The minimum absolute atomic E-state index is 0.0804. The standard InChI is InChI=1S/C24H27F2N5O4S/c1-34-22(36)5-4-18-15-30(24(33)35-18)17-12-19(25)23(20(26)13-17)29-8-7-28-31(10-9-29)21(32)11-16-3-2-6-27-14-16/h2-3,6,12-14,18,28H,4-5,7-11,15H2,1H3/t18-/m0/s1. The molecular formula is C24H27F2N5O4S. The predicted molar refractivity (Wildman–Crippen MR) is 133 cm³/mol. The number of thiocarbonyl (C=S) groups is 1. The highest BCUT2D eigenvalue weighted by molar-refractivity contribution is 7.80. The second kappa shape index (κ2) is 11.6. The van der Waals surface area contributed by atoms with Gasteiger partial charge in [-0.25, -0.2) is 19.0 Å². The number of hydrogen-bond acceptors (Lipinski definition) is 8. The molecule has 9 nitrogen and oxygen atoms in total. The topological polar surface area (TPSA) is 87.2 Å². The number of rotatable bonds is 7. The number of nitrogens with zero attached hydrogens (tertiary/aromatic N) is 4. The molecule has 1 N–H and O–H groups in total. The largest absolute Gasteiger partial charge is 0.490 e. The highest BCUT2D eigenvalue weighted by atomic mass is 32.1. The molecule has 192 valence electrons. The number of benzene rings is 1. The molecule has 1 atom stereocenters. The molecule has 0 bridgehead atoms. The molecule has 3 heterocycles. The molecule has 2 saturated heterocycles. The van der Waals surface area contributed by atoms with Crippen LogP contribution in [0.15, 0.2) is 36.7 Å². The highest BCUT2D eigenvalue weighted by Gasteiger charge is 2.34. The molecule has 36 heavy (non-hydrogen) atoms. The van der Waals surface area contributed by atoms with Crippen LogP contribution in [0.1, 0.15) is 18.4 Å². The SMILES string of the molecule is COC(=S)CC[C@H]1CN(c2cc(F)c(N3CCNN(C(=O)Cc4cccnc4)CC3)c(F)c2)C(=O)O1. The Hall–Kier alpha value is -3.38. The molecule has 2 aromatic rings. The maximum absolute atomic E-state index is 15.1. The van der Waals surface area contributed by atoms with E-state index in [1.54, 1.807) is 23.4 Å². The molecule has 0 unspecified atom stereocenters. The number of halogens is 2. The van der Waals surface area contributed by atoms with Crippen LogP contribution < -0.4 is 15.2 Å². The van der Waals surface area contributed by atoms with Crippen molar-refractivity contribution in [1.82, 2.24) is 15.4 Å². The van der Waals surface area contributed by atoms with Crippen LogP contribution >= 0.6 is 12.2 Å². The predicted octanol–water partition coefficient (Wildman–Crippen LogP) is 2.83. The summed E-state index contributed by atoms with van der Waals surface area (Å²) in [5.41, 5.74) is 3.68. The lowest BCUT2D eigenvalue weighted by atomic mass is 10.2.